The molecule has 44 heavy (non-hydrogen) atoms. The Labute approximate surface area is 256 Å². The summed E-state index contributed by atoms with van der Waals surface area (Å²) in [5.74, 6) is 0.713. The molecule has 0 N–H and O–H groups in total. The lowest BCUT2D eigenvalue weighted by Gasteiger charge is -2.13. The van der Waals surface area contributed by atoms with E-state index in [4.69, 9.17) is 9.97 Å². The predicted octanol–water partition coefficient (Wildman–Crippen LogP) is 10.5. The van der Waals surface area contributed by atoms with Gasteiger partial charge in [-0.15, -0.1) is 0 Å². The van der Waals surface area contributed by atoms with Crippen LogP contribution in [0, 0.1) is 0 Å². The minimum atomic E-state index is 0.713. The molecule has 0 amide bonds. The van der Waals surface area contributed by atoms with Crippen LogP contribution >= 0.6 is 0 Å². The molecule has 0 unspecified atom stereocenters. The summed E-state index contributed by atoms with van der Waals surface area (Å²) in [5, 5.41) is 4.84. The molecule has 8 rings (SSSR count). The van der Waals surface area contributed by atoms with Gasteiger partial charge in [0.1, 0.15) is 0 Å². The zero-order chi connectivity index (χ0) is 29.3. The summed E-state index contributed by atoms with van der Waals surface area (Å²) in [6.07, 6.45) is 3.69. The van der Waals surface area contributed by atoms with Crippen molar-refractivity contribution in [1.29, 1.82) is 0 Å². The van der Waals surface area contributed by atoms with E-state index >= 15 is 0 Å². The maximum atomic E-state index is 5.14. The van der Waals surface area contributed by atoms with Crippen LogP contribution in [0.25, 0.3) is 77.7 Å². The second kappa shape index (κ2) is 11.0. The summed E-state index contributed by atoms with van der Waals surface area (Å²) >= 11 is 0. The van der Waals surface area contributed by atoms with Gasteiger partial charge >= 0.3 is 0 Å². The molecule has 206 valence electrons. The van der Waals surface area contributed by atoms with Crippen LogP contribution in [0.2, 0.25) is 0 Å². The highest BCUT2D eigenvalue weighted by molar-refractivity contribution is 6.13. The molecule has 3 nitrogen and oxygen atoms in total. The van der Waals surface area contributed by atoms with E-state index in [-0.39, 0.29) is 0 Å². The molecule has 8 aromatic rings. The fourth-order valence-electron chi connectivity index (χ4n) is 5.94. The van der Waals surface area contributed by atoms with Crippen LogP contribution in [0.1, 0.15) is 0 Å². The lowest BCUT2D eigenvalue weighted by molar-refractivity contribution is 1.19. The first kappa shape index (κ1) is 25.8. The van der Waals surface area contributed by atoms with E-state index < -0.39 is 0 Å². The summed E-state index contributed by atoms with van der Waals surface area (Å²) < 4.78 is 0. The smallest absolute Gasteiger partial charge is 0.160 e. The Morgan fingerprint density at radius 2 is 0.932 bits per heavy atom. The van der Waals surface area contributed by atoms with Crippen LogP contribution in [-0.4, -0.2) is 15.0 Å². The van der Waals surface area contributed by atoms with Gasteiger partial charge in [-0.3, -0.25) is 4.98 Å². The van der Waals surface area contributed by atoms with Crippen molar-refractivity contribution in [2.45, 2.75) is 0 Å². The third-order valence-electron chi connectivity index (χ3n) is 8.20. The van der Waals surface area contributed by atoms with Gasteiger partial charge in [0, 0.05) is 29.1 Å². The van der Waals surface area contributed by atoms with Gasteiger partial charge in [0.15, 0.2) is 5.82 Å². The van der Waals surface area contributed by atoms with Crippen LogP contribution in [0.3, 0.4) is 0 Å². The van der Waals surface area contributed by atoms with Gasteiger partial charge in [-0.25, -0.2) is 9.97 Å². The quantitative estimate of drug-likeness (QED) is 0.196. The maximum Gasteiger partial charge on any atom is 0.160 e. The number of rotatable bonds is 5. The van der Waals surface area contributed by atoms with Crippen LogP contribution in [0.5, 0.6) is 0 Å². The minimum Gasteiger partial charge on any atom is -0.264 e. The zero-order valence-electron chi connectivity index (χ0n) is 23.9. The molecule has 0 radical (unpaired) electrons. The van der Waals surface area contributed by atoms with E-state index in [1.54, 1.807) is 6.20 Å². The highest BCUT2D eigenvalue weighted by Crippen LogP contribution is 2.36. The number of nitrogens with zero attached hydrogens (tertiary/aromatic N) is 3. The van der Waals surface area contributed by atoms with Crippen molar-refractivity contribution >= 4 is 21.5 Å². The summed E-state index contributed by atoms with van der Waals surface area (Å²) in [5.41, 5.74) is 9.53. The molecular weight excluding hydrogens is 534 g/mol. The molecule has 0 spiro atoms. The SMILES string of the molecule is c1ccc(-c2nc(-c3ccc(-c4ccc(-c5cccnc5)cc4)cc3)cc(-c3cc4ccccc4c4ccccc34)n2)cc1. The van der Waals surface area contributed by atoms with E-state index in [2.05, 4.69) is 132 Å². The monoisotopic (exact) mass is 561 g/mol. The Morgan fingerprint density at radius 1 is 0.364 bits per heavy atom. The Morgan fingerprint density at radius 3 is 1.64 bits per heavy atom. The fraction of sp³-hybridized carbons (Fsp3) is 0. The predicted molar refractivity (Wildman–Crippen MR) is 182 cm³/mol. The Bertz CT molecular complexity index is 2240. The van der Waals surface area contributed by atoms with Crippen molar-refractivity contribution in [3.8, 4) is 56.2 Å². The zero-order valence-corrected chi connectivity index (χ0v) is 23.9. The molecule has 0 aliphatic heterocycles. The third kappa shape index (κ3) is 4.81. The lowest BCUT2D eigenvalue weighted by Crippen LogP contribution is -1.96. The van der Waals surface area contributed by atoms with Gasteiger partial charge < -0.3 is 0 Å². The van der Waals surface area contributed by atoms with Crippen LogP contribution in [0.4, 0.5) is 0 Å². The minimum absolute atomic E-state index is 0.713. The Balaban J connectivity index is 1.23. The van der Waals surface area contributed by atoms with Gasteiger partial charge in [0.2, 0.25) is 0 Å². The first-order valence-corrected chi connectivity index (χ1v) is 14.8. The van der Waals surface area contributed by atoms with Gasteiger partial charge in [-0.2, -0.15) is 0 Å². The molecule has 6 aromatic carbocycles. The number of pyridine rings is 1. The first-order chi connectivity index (χ1) is 21.8. The number of hydrogen-bond donors (Lipinski definition) is 0. The van der Waals surface area contributed by atoms with Crippen LogP contribution in [0.15, 0.2) is 164 Å². The van der Waals surface area contributed by atoms with Crippen molar-refractivity contribution in [2.75, 3.05) is 0 Å². The van der Waals surface area contributed by atoms with Crippen molar-refractivity contribution in [2.24, 2.45) is 0 Å². The van der Waals surface area contributed by atoms with Crippen molar-refractivity contribution in [3.63, 3.8) is 0 Å². The van der Waals surface area contributed by atoms with Crippen molar-refractivity contribution in [3.05, 3.63) is 164 Å². The molecule has 0 bridgehead atoms. The standard InChI is InChI=1S/C41H27N3/c1-2-9-32(10-3-1)41-43-39(26-40(44-41)38-25-33-11-4-5-13-35(33)36-14-6-7-15-37(36)38)31-22-20-29(21-23-31)28-16-18-30(19-17-28)34-12-8-24-42-27-34/h1-27H. The van der Waals surface area contributed by atoms with Crippen LogP contribution < -0.4 is 0 Å². The molecule has 0 aliphatic rings. The van der Waals surface area contributed by atoms with E-state index in [1.807, 2.05) is 30.5 Å². The summed E-state index contributed by atoms with van der Waals surface area (Å²) in [4.78, 5) is 14.5. The molecule has 0 atom stereocenters. The topological polar surface area (TPSA) is 38.7 Å². The first-order valence-electron chi connectivity index (χ1n) is 14.8. The molecular formula is C41H27N3. The largest absolute Gasteiger partial charge is 0.264 e. The number of hydrogen-bond acceptors (Lipinski definition) is 3. The number of aromatic nitrogens is 3. The summed E-state index contributed by atoms with van der Waals surface area (Å²) in [6.45, 7) is 0. The highest BCUT2D eigenvalue weighted by atomic mass is 14.9. The summed E-state index contributed by atoms with van der Waals surface area (Å²) in [7, 11) is 0. The number of benzene rings is 6. The molecule has 3 heteroatoms. The van der Waals surface area contributed by atoms with Crippen molar-refractivity contribution in [1.82, 2.24) is 15.0 Å². The van der Waals surface area contributed by atoms with Crippen molar-refractivity contribution < 1.29 is 0 Å². The Hall–Kier alpha value is -5.93. The molecule has 0 saturated heterocycles. The Kier molecular flexibility index (Phi) is 6.47. The second-order valence-corrected chi connectivity index (χ2v) is 10.9. The number of fused-ring (bicyclic) bond motifs is 3. The van der Waals surface area contributed by atoms with Gasteiger partial charge in [0.05, 0.1) is 11.4 Å². The fourth-order valence-corrected chi connectivity index (χ4v) is 5.94. The van der Waals surface area contributed by atoms with E-state index in [9.17, 15) is 0 Å². The lowest BCUT2D eigenvalue weighted by atomic mass is 9.94. The average Bonchev–Trinajstić information content (AvgIpc) is 3.12. The maximum absolute atomic E-state index is 5.14. The third-order valence-corrected chi connectivity index (χ3v) is 8.20. The highest BCUT2D eigenvalue weighted by Gasteiger charge is 2.14. The van der Waals surface area contributed by atoms with Crippen LogP contribution in [-0.2, 0) is 0 Å². The molecule has 2 aromatic heterocycles. The molecule has 0 fully saturated rings. The molecule has 0 saturated carbocycles. The molecule has 0 aliphatic carbocycles. The van der Waals surface area contributed by atoms with E-state index in [0.717, 1.165) is 44.8 Å². The van der Waals surface area contributed by atoms with E-state index in [0.29, 0.717) is 5.82 Å². The average molecular weight is 562 g/mol. The van der Waals surface area contributed by atoms with Gasteiger partial charge in [-0.1, -0.05) is 133 Å². The molecule has 2 heterocycles. The summed E-state index contributed by atoms with van der Waals surface area (Å²) in [6, 6.07) is 53.1. The second-order valence-electron chi connectivity index (χ2n) is 10.9. The van der Waals surface area contributed by atoms with E-state index in [1.165, 1.54) is 27.1 Å². The normalized spacial score (nSPS) is 11.2. The van der Waals surface area contributed by atoms with Gasteiger partial charge in [-0.05, 0) is 62.0 Å². The van der Waals surface area contributed by atoms with Gasteiger partial charge in [0.25, 0.3) is 0 Å².